The molecule has 0 atom stereocenters. The first-order valence-electron chi connectivity index (χ1n) is 4.48. The summed E-state index contributed by atoms with van der Waals surface area (Å²) in [5.41, 5.74) is 2.70. The van der Waals surface area contributed by atoms with Crippen LogP contribution in [0.1, 0.15) is 5.56 Å². The molecule has 0 saturated heterocycles. The third kappa shape index (κ3) is 1.59. The molecule has 1 aromatic heterocycles. The van der Waals surface area contributed by atoms with Crippen LogP contribution in [0.5, 0.6) is 5.75 Å². The molecule has 0 bridgehead atoms. The molecule has 0 saturated carbocycles. The van der Waals surface area contributed by atoms with Crippen LogP contribution in [-0.4, -0.2) is 10.1 Å². The van der Waals surface area contributed by atoms with Gasteiger partial charge in [0, 0.05) is 11.8 Å². The summed E-state index contributed by atoms with van der Waals surface area (Å²) in [6.45, 7) is 1.87. The minimum atomic E-state index is 0.313. The Morgan fingerprint density at radius 1 is 1.14 bits per heavy atom. The third-order valence-corrected chi connectivity index (χ3v) is 2.17. The van der Waals surface area contributed by atoms with Crippen molar-refractivity contribution in [3.63, 3.8) is 0 Å². The SMILES string of the molecule is Cc1ccc(-c2ccccn2)cc1O. The van der Waals surface area contributed by atoms with Gasteiger partial charge in [0.25, 0.3) is 0 Å². The van der Waals surface area contributed by atoms with Crippen LogP contribution in [0, 0.1) is 6.92 Å². The zero-order valence-electron chi connectivity index (χ0n) is 7.94. The Bertz CT molecular complexity index is 437. The second-order valence-electron chi connectivity index (χ2n) is 3.22. The fourth-order valence-electron chi connectivity index (χ4n) is 1.30. The third-order valence-electron chi connectivity index (χ3n) is 2.17. The minimum Gasteiger partial charge on any atom is -0.508 e. The smallest absolute Gasteiger partial charge is 0.119 e. The number of benzene rings is 1. The first kappa shape index (κ1) is 8.75. The topological polar surface area (TPSA) is 33.1 Å². The van der Waals surface area contributed by atoms with Crippen LogP contribution < -0.4 is 0 Å². The molecule has 0 unspecified atom stereocenters. The summed E-state index contributed by atoms with van der Waals surface area (Å²) < 4.78 is 0. The molecular formula is C12H11NO. The van der Waals surface area contributed by atoms with E-state index in [0.717, 1.165) is 16.8 Å². The number of aryl methyl sites for hydroxylation is 1. The van der Waals surface area contributed by atoms with E-state index in [1.54, 1.807) is 12.3 Å². The fraction of sp³-hybridized carbons (Fsp3) is 0.0833. The molecule has 2 rings (SSSR count). The summed E-state index contributed by atoms with van der Waals surface area (Å²) in [5, 5.41) is 9.53. The number of rotatable bonds is 1. The van der Waals surface area contributed by atoms with Gasteiger partial charge in [-0.15, -0.1) is 0 Å². The maximum absolute atomic E-state index is 9.53. The lowest BCUT2D eigenvalue weighted by Crippen LogP contribution is -1.82. The van der Waals surface area contributed by atoms with Gasteiger partial charge >= 0.3 is 0 Å². The van der Waals surface area contributed by atoms with Crippen molar-refractivity contribution in [2.45, 2.75) is 6.92 Å². The van der Waals surface area contributed by atoms with Crippen molar-refractivity contribution in [1.29, 1.82) is 0 Å². The molecule has 2 nitrogen and oxygen atoms in total. The largest absolute Gasteiger partial charge is 0.508 e. The van der Waals surface area contributed by atoms with E-state index in [-0.39, 0.29) is 0 Å². The summed E-state index contributed by atoms with van der Waals surface area (Å²) in [5.74, 6) is 0.313. The van der Waals surface area contributed by atoms with Crippen molar-refractivity contribution in [1.82, 2.24) is 4.98 Å². The number of pyridine rings is 1. The Morgan fingerprint density at radius 2 is 2.00 bits per heavy atom. The van der Waals surface area contributed by atoms with Crippen LogP contribution in [0.15, 0.2) is 42.6 Å². The van der Waals surface area contributed by atoms with Crippen molar-refractivity contribution in [3.8, 4) is 17.0 Å². The summed E-state index contributed by atoms with van der Waals surface area (Å²) in [6, 6.07) is 11.3. The highest BCUT2D eigenvalue weighted by atomic mass is 16.3. The Kier molecular flexibility index (Phi) is 2.19. The Morgan fingerprint density at radius 3 is 2.64 bits per heavy atom. The van der Waals surface area contributed by atoms with Gasteiger partial charge in [0.05, 0.1) is 5.69 Å². The standard InChI is InChI=1S/C12H11NO/c1-9-5-6-10(8-12(9)14)11-4-2-3-7-13-11/h2-8,14H,1H3. The molecule has 70 valence electrons. The summed E-state index contributed by atoms with van der Waals surface area (Å²) in [4.78, 5) is 4.21. The van der Waals surface area contributed by atoms with Gasteiger partial charge < -0.3 is 5.11 Å². The minimum absolute atomic E-state index is 0.313. The number of hydrogen-bond donors (Lipinski definition) is 1. The van der Waals surface area contributed by atoms with Gasteiger partial charge in [-0.1, -0.05) is 18.2 Å². The first-order valence-corrected chi connectivity index (χ1v) is 4.48. The average molecular weight is 185 g/mol. The zero-order chi connectivity index (χ0) is 9.97. The first-order chi connectivity index (χ1) is 6.77. The van der Waals surface area contributed by atoms with Crippen LogP contribution in [0.25, 0.3) is 11.3 Å². The van der Waals surface area contributed by atoms with Crippen LogP contribution >= 0.6 is 0 Å². The molecule has 1 heterocycles. The van der Waals surface area contributed by atoms with Gasteiger partial charge in [-0.3, -0.25) is 4.98 Å². The van der Waals surface area contributed by atoms with Gasteiger partial charge in [0.2, 0.25) is 0 Å². The second-order valence-corrected chi connectivity index (χ2v) is 3.22. The van der Waals surface area contributed by atoms with Gasteiger partial charge in [-0.2, -0.15) is 0 Å². The van der Waals surface area contributed by atoms with E-state index in [1.807, 2.05) is 37.3 Å². The monoisotopic (exact) mass is 185 g/mol. The number of aromatic hydroxyl groups is 1. The molecule has 0 fully saturated rings. The molecule has 0 amide bonds. The fourth-order valence-corrected chi connectivity index (χ4v) is 1.30. The number of aromatic nitrogens is 1. The molecule has 2 aromatic rings. The molecule has 0 spiro atoms. The van der Waals surface area contributed by atoms with E-state index in [9.17, 15) is 5.11 Å². The molecular weight excluding hydrogens is 174 g/mol. The van der Waals surface area contributed by atoms with Crippen molar-refractivity contribution in [2.24, 2.45) is 0 Å². The van der Waals surface area contributed by atoms with Crippen LogP contribution in [-0.2, 0) is 0 Å². The molecule has 0 aliphatic carbocycles. The number of phenols is 1. The number of hydrogen-bond acceptors (Lipinski definition) is 2. The van der Waals surface area contributed by atoms with Gasteiger partial charge in [-0.05, 0) is 30.7 Å². The predicted molar refractivity (Wildman–Crippen MR) is 56.1 cm³/mol. The number of nitrogens with zero attached hydrogens (tertiary/aromatic N) is 1. The van der Waals surface area contributed by atoms with Crippen molar-refractivity contribution < 1.29 is 5.11 Å². The lowest BCUT2D eigenvalue weighted by Gasteiger charge is -2.02. The van der Waals surface area contributed by atoms with Gasteiger partial charge in [0.1, 0.15) is 5.75 Å². The Hall–Kier alpha value is -1.83. The van der Waals surface area contributed by atoms with Gasteiger partial charge in [-0.25, -0.2) is 0 Å². The quantitative estimate of drug-likeness (QED) is 0.741. The van der Waals surface area contributed by atoms with Crippen molar-refractivity contribution >= 4 is 0 Å². The van der Waals surface area contributed by atoms with Crippen molar-refractivity contribution in [3.05, 3.63) is 48.2 Å². The van der Waals surface area contributed by atoms with E-state index in [0.29, 0.717) is 5.75 Å². The van der Waals surface area contributed by atoms with E-state index < -0.39 is 0 Å². The van der Waals surface area contributed by atoms with Gasteiger partial charge in [0.15, 0.2) is 0 Å². The molecule has 0 aliphatic heterocycles. The molecule has 1 aromatic carbocycles. The van der Waals surface area contributed by atoms with E-state index in [4.69, 9.17) is 0 Å². The second kappa shape index (κ2) is 3.50. The van der Waals surface area contributed by atoms with E-state index in [1.165, 1.54) is 0 Å². The maximum atomic E-state index is 9.53. The highest BCUT2D eigenvalue weighted by Gasteiger charge is 2.00. The molecule has 0 aliphatic rings. The highest BCUT2D eigenvalue weighted by molar-refractivity contribution is 5.61. The molecule has 0 radical (unpaired) electrons. The van der Waals surface area contributed by atoms with Crippen LogP contribution in [0.4, 0.5) is 0 Å². The zero-order valence-corrected chi connectivity index (χ0v) is 7.94. The number of phenolic OH excluding ortho intramolecular Hbond substituents is 1. The summed E-state index contributed by atoms with van der Waals surface area (Å²) >= 11 is 0. The lowest BCUT2D eigenvalue weighted by atomic mass is 10.1. The van der Waals surface area contributed by atoms with Crippen LogP contribution in [0.3, 0.4) is 0 Å². The predicted octanol–water partition coefficient (Wildman–Crippen LogP) is 2.76. The van der Waals surface area contributed by atoms with E-state index in [2.05, 4.69) is 4.98 Å². The summed E-state index contributed by atoms with van der Waals surface area (Å²) in [6.07, 6.45) is 1.74. The molecule has 1 N–H and O–H groups in total. The highest BCUT2D eigenvalue weighted by Crippen LogP contribution is 2.24. The molecule has 14 heavy (non-hydrogen) atoms. The average Bonchev–Trinajstić information content (AvgIpc) is 2.23. The maximum Gasteiger partial charge on any atom is 0.119 e. The summed E-state index contributed by atoms with van der Waals surface area (Å²) in [7, 11) is 0. The Balaban J connectivity index is 2.48. The normalized spacial score (nSPS) is 10.1. The lowest BCUT2D eigenvalue weighted by molar-refractivity contribution is 0.471. The Labute approximate surface area is 82.9 Å². The van der Waals surface area contributed by atoms with Crippen LogP contribution in [0.2, 0.25) is 0 Å². The van der Waals surface area contributed by atoms with Crippen molar-refractivity contribution in [2.75, 3.05) is 0 Å². The van der Waals surface area contributed by atoms with E-state index >= 15 is 0 Å². The molecule has 2 heteroatoms.